The SMILES string of the molecule is CCCNC(=O)c1ccccc1NC(=O)c1cc(S(=O)(=O)N2CCCCC2C)ccc1C. The van der Waals surface area contributed by atoms with Gasteiger partial charge in [-0.15, -0.1) is 0 Å². The van der Waals surface area contributed by atoms with Gasteiger partial charge in [0.15, 0.2) is 0 Å². The summed E-state index contributed by atoms with van der Waals surface area (Å²) in [5.74, 6) is -0.725. The fourth-order valence-corrected chi connectivity index (χ4v) is 5.61. The first-order chi connectivity index (χ1) is 15.3. The zero-order chi connectivity index (χ0) is 23.3. The third-order valence-electron chi connectivity index (χ3n) is 5.76. The summed E-state index contributed by atoms with van der Waals surface area (Å²) >= 11 is 0. The number of aryl methyl sites for hydroxylation is 1. The van der Waals surface area contributed by atoms with E-state index in [0.717, 1.165) is 25.7 Å². The van der Waals surface area contributed by atoms with E-state index in [1.54, 1.807) is 43.3 Å². The van der Waals surface area contributed by atoms with Crippen molar-refractivity contribution in [2.75, 3.05) is 18.4 Å². The Kier molecular flexibility index (Phi) is 7.69. The molecule has 8 heteroatoms. The van der Waals surface area contributed by atoms with Crippen molar-refractivity contribution >= 4 is 27.5 Å². The highest BCUT2D eigenvalue weighted by Crippen LogP contribution is 2.27. The van der Waals surface area contributed by atoms with Crippen molar-refractivity contribution in [1.29, 1.82) is 0 Å². The van der Waals surface area contributed by atoms with Gasteiger partial charge in [0.2, 0.25) is 10.0 Å². The minimum absolute atomic E-state index is 0.0687. The third-order valence-corrected chi connectivity index (χ3v) is 7.77. The number of nitrogens with zero attached hydrogens (tertiary/aromatic N) is 1. The Morgan fingerprint density at radius 1 is 1.06 bits per heavy atom. The Balaban J connectivity index is 1.88. The summed E-state index contributed by atoms with van der Waals surface area (Å²) in [5, 5.41) is 5.59. The average Bonchev–Trinajstić information content (AvgIpc) is 2.78. The lowest BCUT2D eigenvalue weighted by atomic mass is 10.1. The normalized spacial score (nSPS) is 17.0. The van der Waals surface area contributed by atoms with Gasteiger partial charge in [-0.2, -0.15) is 4.31 Å². The predicted octanol–water partition coefficient (Wildman–Crippen LogP) is 3.95. The van der Waals surface area contributed by atoms with Gasteiger partial charge in [-0.05, 0) is 62.9 Å². The van der Waals surface area contributed by atoms with Crippen molar-refractivity contribution < 1.29 is 18.0 Å². The van der Waals surface area contributed by atoms with E-state index in [9.17, 15) is 18.0 Å². The lowest BCUT2D eigenvalue weighted by Gasteiger charge is -2.32. The van der Waals surface area contributed by atoms with Crippen LogP contribution in [0.4, 0.5) is 5.69 Å². The number of carbonyl (C=O) groups is 2. The summed E-state index contributed by atoms with van der Waals surface area (Å²) in [4.78, 5) is 25.7. The minimum atomic E-state index is -3.70. The summed E-state index contributed by atoms with van der Waals surface area (Å²) < 4.78 is 28.0. The molecule has 7 nitrogen and oxygen atoms in total. The number of sulfonamides is 1. The molecule has 1 heterocycles. The molecule has 32 heavy (non-hydrogen) atoms. The summed E-state index contributed by atoms with van der Waals surface area (Å²) in [6.45, 7) is 6.66. The number of hydrogen-bond donors (Lipinski definition) is 2. The Morgan fingerprint density at radius 2 is 1.81 bits per heavy atom. The molecule has 1 unspecified atom stereocenters. The number of amides is 2. The maximum absolute atomic E-state index is 13.2. The molecule has 1 aliphatic rings. The minimum Gasteiger partial charge on any atom is -0.352 e. The number of carbonyl (C=O) groups excluding carboxylic acids is 2. The number of anilines is 1. The van der Waals surface area contributed by atoms with Crippen molar-refractivity contribution in [1.82, 2.24) is 9.62 Å². The summed E-state index contributed by atoms with van der Waals surface area (Å²) in [6, 6.07) is 11.3. The van der Waals surface area contributed by atoms with E-state index in [2.05, 4.69) is 10.6 Å². The van der Waals surface area contributed by atoms with Crippen LogP contribution in [0.5, 0.6) is 0 Å². The summed E-state index contributed by atoms with van der Waals surface area (Å²) in [6.07, 6.45) is 3.48. The molecule has 0 aromatic heterocycles. The fraction of sp³-hybridized carbons (Fsp3) is 0.417. The first-order valence-corrected chi connectivity index (χ1v) is 12.5. The maximum atomic E-state index is 13.2. The smallest absolute Gasteiger partial charge is 0.255 e. The zero-order valence-electron chi connectivity index (χ0n) is 18.8. The van der Waals surface area contributed by atoms with Crippen molar-refractivity contribution in [3.63, 3.8) is 0 Å². The van der Waals surface area contributed by atoms with Crippen LogP contribution in [0.15, 0.2) is 47.4 Å². The Hall–Kier alpha value is -2.71. The van der Waals surface area contributed by atoms with Crippen LogP contribution in [0.3, 0.4) is 0 Å². The highest BCUT2D eigenvalue weighted by Gasteiger charge is 2.31. The number of hydrogen-bond acceptors (Lipinski definition) is 4. The lowest BCUT2D eigenvalue weighted by molar-refractivity contribution is 0.0954. The number of piperidine rings is 1. The van der Waals surface area contributed by atoms with Gasteiger partial charge in [0.25, 0.3) is 11.8 Å². The van der Waals surface area contributed by atoms with Crippen molar-refractivity contribution in [3.8, 4) is 0 Å². The van der Waals surface area contributed by atoms with E-state index in [0.29, 0.717) is 29.9 Å². The highest BCUT2D eigenvalue weighted by molar-refractivity contribution is 7.89. The van der Waals surface area contributed by atoms with Crippen molar-refractivity contribution in [2.24, 2.45) is 0 Å². The molecule has 2 amide bonds. The molecule has 0 saturated carbocycles. The molecule has 1 atom stereocenters. The van der Waals surface area contributed by atoms with Gasteiger partial charge in [0.05, 0.1) is 16.1 Å². The molecule has 1 aliphatic heterocycles. The molecule has 3 rings (SSSR count). The highest BCUT2D eigenvalue weighted by atomic mass is 32.2. The molecule has 0 aliphatic carbocycles. The van der Waals surface area contributed by atoms with Crippen LogP contribution in [-0.4, -0.2) is 43.7 Å². The van der Waals surface area contributed by atoms with Crippen LogP contribution >= 0.6 is 0 Å². The molecule has 0 spiro atoms. The average molecular weight is 458 g/mol. The Morgan fingerprint density at radius 3 is 2.53 bits per heavy atom. The molecule has 2 aromatic carbocycles. The zero-order valence-corrected chi connectivity index (χ0v) is 19.7. The largest absolute Gasteiger partial charge is 0.352 e. The summed E-state index contributed by atoms with van der Waals surface area (Å²) in [5.41, 5.74) is 1.65. The van der Waals surface area contributed by atoms with Crippen LogP contribution in [0.2, 0.25) is 0 Å². The molecular formula is C24H31N3O4S. The van der Waals surface area contributed by atoms with E-state index in [-0.39, 0.29) is 22.4 Å². The first kappa shape index (κ1) is 23.9. The second-order valence-corrected chi connectivity index (χ2v) is 10.1. The van der Waals surface area contributed by atoms with E-state index in [1.807, 2.05) is 13.8 Å². The van der Waals surface area contributed by atoms with Crippen molar-refractivity contribution in [3.05, 3.63) is 59.2 Å². The predicted molar refractivity (Wildman–Crippen MR) is 125 cm³/mol. The number of rotatable bonds is 7. The molecule has 1 fully saturated rings. The molecule has 2 aromatic rings. The van der Waals surface area contributed by atoms with Crippen LogP contribution < -0.4 is 10.6 Å². The Bertz CT molecular complexity index is 1100. The second-order valence-electron chi connectivity index (χ2n) is 8.19. The monoisotopic (exact) mass is 457 g/mol. The number of benzene rings is 2. The van der Waals surface area contributed by atoms with Gasteiger partial charge in [0, 0.05) is 24.7 Å². The van der Waals surface area contributed by atoms with E-state index in [1.165, 1.54) is 10.4 Å². The standard InChI is InChI=1S/C24H31N3O4S/c1-4-14-25-23(28)20-10-5-6-11-22(20)26-24(29)21-16-19(13-12-17(21)2)32(30,31)27-15-8-7-9-18(27)3/h5-6,10-13,16,18H,4,7-9,14-15H2,1-3H3,(H,25,28)(H,26,29). The summed E-state index contributed by atoms with van der Waals surface area (Å²) in [7, 11) is -3.70. The molecule has 0 bridgehead atoms. The second kappa shape index (κ2) is 10.3. The third kappa shape index (κ3) is 5.19. The van der Waals surface area contributed by atoms with Gasteiger partial charge in [-0.1, -0.05) is 31.5 Å². The van der Waals surface area contributed by atoms with E-state index in [4.69, 9.17) is 0 Å². The van der Waals surface area contributed by atoms with Crippen LogP contribution in [0.1, 0.15) is 65.8 Å². The van der Waals surface area contributed by atoms with Gasteiger partial charge in [-0.25, -0.2) is 8.42 Å². The van der Waals surface area contributed by atoms with Gasteiger partial charge in [-0.3, -0.25) is 9.59 Å². The number of para-hydroxylation sites is 1. The fourth-order valence-electron chi connectivity index (χ4n) is 3.88. The lowest BCUT2D eigenvalue weighted by Crippen LogP contribution is -2.42. The van der Waals surface area contributed by atoms with Gasteiger partial charge >= 0.3 is 0 Å². The van der Waals surface area contributed by atoms with E-state index >= 15 is 0 Å². The molecule has 0 radical (unpaired) electrons. The topological polar surface area (TPSA) is 95.6 Å². The van der Waals surface area contributed by atoms with E-state index < -0.39 is 15.9 Å². The van der Waals surface area contributed by atoms with Crippen LogP contribution in [0.25, 0.3) is 0 Å². The number of nitrogens with one attached hydrogen (secondary N) is 2. The quantitative estimate of drug-likeness (QED) is 0.658. The molecule has 172 valence electrons. The molecular weight excluding hydrogens is 426 g/mol. The van der Waals surface area contributed by atoms with Gasteiger partial charge < -0.3 is 10.6 Å². The maximum Gasteiger partial charge on any atom is 0.255 e. The van der Waals surface area contributed by atoms with Gasteiger partial charge in [0.1, 0.15) is 0 Å². The molecule has 2 N–H and O–H groups in total. The van der Waals surface area contributed by atoms with Crippen molar-refractivity contribution in [2.45, 2.75) is 57.4 Å². The Labute approximate surface area is 190 Å². The first-order valence-electron chi connectivity index (χ1n) is 11.1. The van der Waals surface area contributed by atoms with Crippen LogP contribution in [0, 0.1) is 6.92 Å². The molecule has 1 saturated heterocycles. The van der Waals surface area contributed by atoms with Crippen LogP contribution in [-0.2, 0) is 10.0 Å².